The second-order valence-electron chi connectivity index (χ2n) is 34.5. The van der Waals surface area contributed by atoms with Gasteiger partial charge in [-0.3, -0.25) is 91.4 Å². The Hall–Kier alpha value is -13.4. The summed E-state index contributed by atoms with van der Waals surface area (Å²) in [4.78, 5) is 179. The van der Waals surface area contributed by atoms with Gasteiger partial charge in [0.1, 0.15) is 47.9 Å². The average Bonchev–Trinajstić information content (AvgIpc) is 1.15. The van der Waals surface area contributed by atoms with Crippen molar-refractivity contribution in [2.45, 2.75) is 139 Å². The van der Waals surface area contributed by atoms with Crippen LogP contribution in [0.3, 0.4) is 0 Å². The van der Waals surface area contributed by atoms with E-state index in [0.717, 1.165) is 54.9 Å². The number of likely N-dealkylation sites (tertiary alicyclic amines) is 2. The molecule has 10 amide bonds. The zero-order valence-corrected chi connectivity index (χ0v) is 78.6. The number of imide groups is 1. The first-order valence-corrected chi connectivity index (χ1v) is 47.8. The van der Waals surface area contributed by atoms with Gasteiger partial charge in [0.05, 0.1) is 87.6 Å². The van der Waals surface area contributed by atoms with Crippen LogP contribution >= 0.6 is 11.8 Å². The van der Waals surface area contributed by atoms with Crippen LogP contribution in [0, 0.1) is 38.0 Å². The van der Waals surface area contributed by atoms with Crippen molar-refractivity contribution in [2.75, 3.05) is 154 Å². The molecule has 0 radical (unpaired) electrons. The van der Waals surface area contributed by atoms with Crippen LogP contribution in [-0.2, 0) is 111 Å². The summed E-state index contributed by atoms with van der Waals surface area (Å²) < 4.78 is 85.5. The van der Waals surface area contributed by atoms with Crippen molar-refractivity contribution in [1.82, 2.24) is 70.6 Å². The summed E-state index contributed by atoms with van der Waals surface area (Å²) in [6.07, 6.45) is 1.29. The standard InChI is InChI=1S/C93H112F2N20O22S2/c1-58-39-62(63-13-18-72(59(2)40-63)104-105-73-19-16-69-78(139(131,132)133)41-60(3)87(97)86(69)88(73)126)12-17-71(58)102-90(128)74(101-82(121)51-108-26-27-109(52-85(124)125)29-31-111(55-137-57-117)33-32-110(30-28-108)54-136-56-116)9-4-5-23-98-79(118)20-25-114-84(123)44-77(92(114)130)138-38-22-80(119)99-24-35-135-37-36-134-34-21-81(120)100-67-14-10-61(11-15-67)76-50-113(107-106-76)48-65-8-6-7-64-47-112(49-70(64)65)83(122)43-66-42-75(103-89(66)127)91(129)115-53-93(94,95)45-68(115)46-96/h6-8,10-19,39-41,50,56-57,66,68,74-75,77,126H,4-5,9,20-38,42-45,47-49,51-55,97H2,1-3H3,(H,98,118)(H,99,119)(H,100,120)(H,101,121)(H,102,128)(H,103,127)(H,124,125)(H,131,132,133)/b105-104+/t66-,68-,74+,75-,77?/m0/s1. The van der Waals surface area contributed by atoms with E-state index in [1.165, 1.54) is 25.1 Å². The number of rotatable bonds is 45. The lowest BCUT2D eigenvalue weighted by Gasteiger charge is -2.33. The number of aromatic nitrogens is 3. The van der Waals surface area contributed by atoms with Gasteiger partial charge < -0.3 is 76.6 Å². The number of aryl methyl sites for hydroxylation is 3. The highest BCUT2D eigenvalue weighted by atomic mass is 32.2. The van der Waals surface area contributed by atoms with Crippen LogP contribution in [0.2, 0.25) is 0 Å². The van der Waals surface area contributed by atoms with E-state index in [9.17, 15) is 99.6 Å². The van der Waals surface area contributed by atoms with Gasteiger partial charge in [-0.25, -0.2) is 13.5 Å². The van der Waals surface area contributed by atoms with Gasteiger partial charge in [0.25, 0.3) is 29.0 Å². The maximum atomic E-state index is 14.5. The van der Waals surface area contributed by atoms with Gasteiger partial charge in [-0.15, -0.1) is 22.0 Å². The Morgan fingerprint density at radius 1 is 0.734 bits per heavy atom. The number of aromatic hydroxyl groups is 1. The highest BCUT2D eigenvalue weighted by Gasteiger charge is 2.51. The van der Waals surface area contributed by atoms with Crippen LogP contribution in [0.5, 0.6) is 5.75 Å². The summed E-state index contributed by atoms with van der Waals surface area (Å²) in [5.74, 6) is -10.0. The Balaban J connectivity index is 0.539. The number of benzene rings is 6. The molecule has 0 saturated carbocycles. The molecule has 1 aromatic heterocycles. The number of nitrogen functional groups attached to an aromatic ring is 1. The van der Waals surface area contributed by atoms with Crippen molar-refractivity contribution >= 4 is 139 Å². The third kappa shape index (κ3) is 29.4. The number of ether oxygens (including phenoxy) is 4. The van der Waals surface area contributed by atoms with E-state index < -0.39 is 116 Å². The van der Waals surface area contributed by atoms with Gasteiger partial charge in [-0.05, 0) is 139 Å². The number of phenols is 1. The Morgan fingerprint density at radius 3 is 2.06 bits per heavy atom. The van der Waals surface area contributed by atoms with Gasteiger partial charge >= 0.3 is 5.97 Å². The van der Waals surface area contributed by atoms with Crippen molar-refractivity contribution in [3.05, 3.63) is 137 Å². The second kappa shape index (κ2) is 49.2. The lowest BCUT2D eigenvalue weighted by atomic mass is 9.99. The molecule has 742 valence electrons. The molecule has 11 N–H and O–H groups in total. The number of nitrogens with two attached hydrogens (primary N) is 1. The van der Waals surface area contributed by atoms with E-state index in [1.54, 1.807) is 94.0 Å². The highest BCUT2D eigenvalue weighted by molar-refractivity contribution is 8.00. The lowest BCUT2D eigenvalue weighted by molar-refractivity contribution is -0.140. The van der Waals surface area contributed by atoms with E-state index in [-0.39, 0.29) is 202 Å². The molecule has 0 bridgehead atoms. The van der Waals surface area contributed by atoms with Crippen molar-refractivity contribution in [1.29, 1.82) is 5.26 Å². The van der Waals surface area contributed by atoms with Crippen LogP contribution in [0.25, 0.3) is 33.2 Å². The minimum Gasteiger partial charge on any atom is -0.505 e. The van der Waals surface area contributed by atoms with E-state index in [0.29, 0.717) is 98.0 Å². The minimum absolute atomic E-state index is 0.00187. The fourth-order valence-electron chi connectivity index (χ4n) is 16.9. The fourth-order valence-corrected chi connectivity index (χ4v) is 18.8. The molecular weight excluding hydrogens is 1850 g/mol. The molecule has 6 aromatic carbocycles. The number of phenolic OH excluding ortho intramolecular Hbond substituents is 1. The average molecular weight is 1960 g/mol. The third-order valence-corrected chi connectivity index (χ3v) is 26.5. The zero-order valence-electron chi connectivity index (χ0n) is 77.0. The van der Waals surface area contributed by atoms with E-state index in [4.69, 9.17) is 24.7 Å². The SMILES string of the molecule is Cc1cc(-c2ccc(NC(=O)[C@@H](CCCCNC(=O)CCN3C(=O)CC(SCCC(=O)NCCOCCOCCC(=O)Nc4ccc(-c5cn(Cc6cccc7c6CN(C(=O)C[C@@H]6C[C@@H](C(=O)N8CC(F)(F)C[C@H]8C#N)NC6=O)C7)nn5)cc4)C3=O)NC(=O)CN3CCN(COC=O)CCN(COC=O)CCN(CC(=O)O)CC3)c(C)c2)ccc1/N=N/c1ccc2c(S(=O)(=O)O)cc(C)c(N)c2c1O. The Kier molecular flexibility index (Phi) is 37.0. The Bertz CT molecular complexity index is 5890. The molecule has 42 nitrogen and oxygen atoms in total. The highest BCUT2D eigenvalue weighted by Crippen LogP contribution is 2.44. The summed E-state index contributed by atoms with van der Waals surface area (Å²) in [5, 5.41) is 63.8. The topological polar surface area (TPSA) is 554 Å². The molecule has 6 heterocycles. The van der Waals surface area contributed by atoms with Crippen LogP contribution < -0.4 is 37.6 Å². The molecule has 0 aliphatic carbocycles. The zero-order chi connectivity index (χ0) is 99.6. The number of hydrogen-bond acceptors (Lipinski definition) is 31. The number of hydrogen-bond donors (Lipinski definition) is 10. The van der Waals surface area contributed by atoms with Crippen LogP contribution in [0.4, 0.5) is 37.2 Å². The van der Waals surface area contributed by atoms with Gasteiger partial charge in [-0.2, -0.15) is 18.8 Å². The number of amides is 10. The molecule has 4 fully saturated rings. The monoisotopic (exact) mass is 1960 g/mol. The number of unbranched alkanes of at least 4 members (excludes halogenated alkanes) is 1. The number of aliphatic carboxylic acids is 1. The maximum Gasteiger partial charge on any atom is 0.317 e. The largest absolute Gasteiger partial charge is 0.505 e. The third-order valence-electron chi connectivity index (χ3n) is 24.4. The number of alkyl halides is 2. The molecule has 12 rings (SSSR count). The number of carboxylic acids is 1. The molecule has 5 aliphatic heterocycles. The van der Waals surface area contributed by atoms with Crippen LogP contribution in [0.15, 0.2) is 118 Å². The summed E-state index contributed by atoms with van der Waals surface area (Å²) in [7, 11) is -4.68. The van der Waals surface area contributed by atoms with Gasteiger partial charge in [0.15, 0.2) is 5.75 Å². The molecular formula is C93H112F2N20O22S2. The molecule has 7 aromatic rings. The predicted octanol–water partition coefficient (Wildman–Crippen LogP) is 5.28. The summed E-state index contributed by atoms with van der Waals surface area (Å²) in [6.45, 7) is 8.00. The summed E-state index contributed by atoms with van der Waals surface area (Å²) in [6, 6.07) is 25.6. The smallest absolute Gasteiger partial charge is 0.317 e. The Labute approximate surface area is 803 Å². The van der Waals surface area contributed by atoms with Crippen molar-refractivity contribution in [2.24, 2.45) is 16.1 Å². The number of carboxylic acid groups (broad SMARTS) is 1. The van der Waals surface area contributed by atoms with Gasteiger partial charge in [0.2, 0.25) is 59.1 Å². The fraction of sp³-hybridized carbons (Fsp3) is 0.462. The summed E-state index contributed by atoms with van der Waals surface area (Å²) >= 11 is 1.16. The lowest BCUT2D eigenvalue weighted by Crippen LogP contribution is -2.51. The maximum absolute atomic E-state index is 14.5. The van der Waals surface area contributed by atoms with Crippen LogP contribution in [-0.4, -0.2) is 317 Å². The molecule has 1 unspecified atom stereocenters. The molecule has 5 aliphatic rings. The first-order chi connectivity index (χ1) is 66.6. The normalized spacial score (nSPS) is 18.1. The van der Waals surface area contributed by atoms with Crippen molar-refractivity contribution < 1.29 is 113 Å². The number of carbonyl (C=O) groups excluding carboxylic acids is 12. The van der Waals surface area contributed by atoms with Crippen molar-refractivity contribution in [3.63, 3.8) is 0 Å². The molecule has 5 atom stereocenters. The molecule has 46 heteroatoms. The molecule has 4 saturated heterocycles. The number of thioether (sulfide) groups is 1. The number of nitrogens with zero attached hydrogens (tertiary/aromatic N) is 13. The number of nitrogens with one attached hydrogen (secondary N) is 6. The number of anilines is 3. The minimum atomic E-state index is -4.68. The number of nitriles is 1. The molecule has 0 spiro atoms. The first-order valence-electron chi connectivity index (χ1n) is 45.3. The number of carbonyl (C=O) groups is 13. The molecule has 139 heavy (non-hydrogen) atoms. The van der Waals surface area contributed by atoms with Gasteiger partial charge in [0, 0.05) is 157 Å². The first kappa shape index (κ1) is 105. The second-order valence-corrected chi connectivity index (χ2v) is 37.2. The summed E-state index contributed by atoms with van der Waals surface area (Å²) in [5.41, 5.74) is 15.0. The number of fused-ring (bicyclic) bond motifs is 2. The van der Waals surface area contributed by atoms with E-state index in [1.807, 2.05) is 40.1 Å². The van der Waals surface area contributed by atoms with Crippen molar-refractivity contribution in [3.8, 4) is 34.2 Å². The van der Waals surface area contributed by atoms with E-state index >= 15 is 0 Å². The Morgan fingerprint density at radius 2 is 1.38 bits per heavy atom. The quantitative estimate of drug-likeness (QED) is 0.00579. The number of azo groups is 1. The van der Waals surface area contributed by atoms with E-state index in [2.05, 4.69) is 52.4 Å². The predicted molar refractivity (Wildman–Crippen MR) is 501 cm³/mol. The van der Waals surface area contributed by atoms with Gasteiger partial charge in [-0.1, -0.05) is 53.7 Å². The number of halogens is 2. The van der Waals surface area contributed by atoms with Crippen LogP contribution in [0.1, 0.15) is 97.6 Å².